The third-order valence-electron chi connectivity index (χ3n) is 4.22. The number of rotatable bonds is 9. The summed E-state index contributed by atoms with van der Waals surface area (Å²) in [5.74, 6) is 0.244. The van der Waals surface area contributed by atoms with Crippen molar-refractivity contribution in [2.24, 2.45) is 0 Å². The molecule has 2 aromatic carbocycles. The van der Waals surface area contributed by atoms with Crippen LogP contribution in [0.1, 0.15) is 47.7 Å². The van der Waals surface area contributed by atoms with Crippen LogP contribution in [-0.2, 0) is 9.53 Å². The zero-order valence-corrected chi connectivity index (χ0v) is 19.2. The van der Waals surface area contributed by atoms with E-state index in [1.54, 1.807) is 24.3 Å². The largest absolute Gasteiger partial charge is 0.492 e. The molecule has 0 aliphatic carbocycles. The lowest BCUT2D eigenvalue weighted by atomic mass is 10.1. The van der Waals surface area contributed by atoms with Gasteiger partial charge >= 0.3 is 5.97 Å². The molecule has 0 saturated carbocycles. The normalized spacial score (nSPS) is 10.5. The third-order valence-corrected chi connectivity index (χ3v) is 5.78. The Hall–Kier alpha value is -2.05. The topological polar surface area (TPSA) is 64.6 Å². The van der Waals surface area contributed by atoms with Crippen LogP contribution < -0.4 is 10.1 Å². The Morgan fingerprint density at radius 1 is 1.14 bits per heavy atom. The summed E-state index contributed by atoms with van der Waals surface area (Å²) >= 11 is 9.72. The predicted molar refractivity (Wildman–Crippen MR) is 119 cm³/mol. The Bertz CT molecular complexity index is 868. The average molecular weight is 483 g/mol. The van der Waals surface area contributed by atoms with Crippen molar-refractivity contribution in [3.8, 4) is 5.75 Å². The number of hydrogen-bond donors (Lipinski definition) is 1. The summed E-state index contributed by atoms with van der Waals surface area (Å²) in [4.78, 5) is 23.9. The van der Waals surface area contributed by atoms with Crippen LogP contribution in [0.5, 0.6) is 5.75 Å². The molecule has 0 heterocycles. The molecule has 0 bridgehead atoms. The van der Waals surface area contributed by atoms with Gasteiger partial charge < -0.3 is 14.8 Å². The molecule has 5 nitrogen and oxygen atoms in total. The molecular formula is C22H25BrClNO4. The first-order chi connectivity index (χ1) is 13.8. The maximum absolute atomic E-state index is 12.1. The SMILES string of the molecule is CCCOC(=O)c1ccc(NC(=O)CCCOc2cc(C)c(Cl)c(C)c2Br)cc1. The fourth-order valence-electron chi connectivity index (χ4n) is 2.61. The molecule has 156 valence electrons. The fourth-order valence-corrected chi connectivity index (χ4v) is 3.30. The van der Waals surface area contributed by atoms with Crippen LogP contribution in [0.3, 0.4) is 0 Å². The molecule has 0 radical (unpaired) electrons. The number of halogens is 2. The van der Waals surface area contributed by atoms with Crippen LogP contribution in [0, 0.1) is 13.8 Å². The van der Waals surface area contributed by atoms with E-state index in [4.69, 9.17) is 21.1 Å². The van der Waals surface area contributed by atoms with Crippen molar-refractivity contribution in [3.63, 3.8) is 0 Å². The summed E-state index contributed by atoms with van der Waals surface area (Å²) < 4.78 is 11.7. The molecule has 2 rings (SSSR count). The molecule has 0 saturated heterocycles. The van der Waals surface area contributed by atoms with E-state index in [1.165, 1.54) is 0 Å². The molecule has 0 aromatic heterocycles. The molecule has 0 atom stereocenters. The van der Waals surface area contributed by atoms with E-state index in [0.29, 0.717) is 42.3 Å². The molecule has 0 aliphatic rings. The Labute approximate surface area is 184 Å². The van der Waals surface area contributed by atoms with Crippen molar-refractivity contribution in [3.05, 3.63) is 56.5 Å². The third kappa shape index (κ3) is 6.75. The molecule has 0 unspecified atom stereocenters. The number of amides is 1. The van der Waals surface area contributed by atoms with E-state index in [9.17, 15) is 9.59 Å². The first kappa shape index (κ1) is 23.2. The van der Waals surface area contributed by atoms with Crippen LogP contribution in [0.4, 0.5) is 5.69 Å². The Morgan fingerprint density at radius 3 is 2.48 bits per heavy atom. The van der Waals surface area contributed by atoms with Crippen LogP contribution >= 0.6 is 27.5 Å². The number of carbonyl (C=O) groups excluding carboxylic acids is 2. The predicted octanol–water partition coefficient (Wildman–Crippen LogP) is 6.08. The van der Waals surface area contributed by atoms with E-state index in [1.807, 2.05) is 26.8 Å². The van der Waals surface area contributed by atoms with E-state index in [0.717, 1.165) is 27.8 Å². The highest BCUT2D eigenvalue weighted by atomic mass is 79.9. The van der Waals surface area contributed by atoms with Gasteiger partial charge in [-0.05, 0) is 84.1 Å². The summed E-state index contributed by atoms with van der Waals surface area (Å²) in [5, 5.41) is 3.53. The second kappa shape index (κ2) is 11.2. The number of hydrogen-bond acceptors (Lipinski definition) is 4. The Kier molecular flexibility index (Phi) is 8.99. The van der Waals surface area contributed by atoms with E-state index in [-0.39, 0.29) is 11.9 Å². The minimum atomic E-state index is -0.360. The molecular weight excluding hydrogens is 458 g/mol. The second-order valence-electron chi connectivity index (χ2n) is 6.66. The van der Waals surface area contributed by atoms with Crippen molar-refractivity contribution in [2.75, 3.05) is 18.5 Å². The number of nitrogens with one attached hydrogen (secondary N) is 1. The van der Waals surface area contributed by atoms with Crippen LogP contribution in [0.15, 0.2) is 34.8 Å². The highest BCUT2D eigenvalue weighted by Crippen LogP contribution is 2.35. The lowest BCUT2D eigenvalue weighted by Crippen LogP contribution is -2.13. The van der Waals surface area contributed by atoms with Crippen molar-refractivity contribution in [2.45, 2.75) is 40.0 Å². The molecule has 0 aliphatic heterocycles. The summed E-state index contributed by atoms with van der Waals surface area (Å²) in [7, 11) is 0. The van der Waals surface area contributed by atoms with Crippen molar-refractivity contribution < 1.29 is 19.1 Å². The van der Waals surface area contributed by atoms with Gasteiger partial charge in [0.1, 0.15) is 5.75 Å². The van der Waals surface area contributed by atoms with Crippen molar-refractivity contribution >= 4 is 45.1 Å². The van der Waals surface area contributed by atoms with Gasteiger partial charge in [-0.2, -0.15) is 0 Å². The zero-order chi connectivity index (χ0) is 21.4. The number of carbonyl (C=O) groups is 2. The summed E-state index contributed by atoms with van der Waals surface area (Å²) in [6, 6.07) is 8.53. The molecule has 7 heteroatoms. The molecule has 2 aromatic rings. The van der Waals surface area contributed by atoms with Gasteiger partial charge in [0.05, 0.1) is 23.2 Å². The van der Waals surface area contributed by atoms with Gasteiger partial charge in [0.15, 0.2) is 0 Å². The monoisotopic (exact) mass is 481 g/mol. The number of ether oxygens (including phenoxy) is 2. The standard InChI is InChI=1S/C22H25BrClNO4/c1-4-11-29-22(27)16-7-9-17(10-8-16)25-19(26)6-5-12-28-18-13-14(2)21(24)15(3)20(18)23/h7-10,13H,4-6,11-12H2,1-3H3,(H,25,26). The maximum Gasteiger partial charge on any atom is 0.338 e. The van der Waals surface area contributed by atoms with Gasteiger partial charge in [0.2, 0.25) is 5.91 Å². The van der Waals surface area contributed by atoms with Crippen LogP contribution in [-0.4, -0.2) is 25.1 Å². The first-order valence-corrected chi connectivity index (χ1v) is 10.7. The first-order valence-electron chi connectivity index (χ1n) is 9.48. The van der Waals surface area contributed by atoms with Gasteiger partial charge in [0, 0.05) is 17.1 Å². The smallest absolute Gasteiger partial charge is 0.338 e. The molecule has 1 amide bonds. The number of aryl methyl sites for hydroxylation is 1. The van der Waals surface area contributed by atoms with Gasteiger partial charge in [-0.25, -0.2) is 4.79 Å². The minimum Gasteiger partial charge on any atom is -0.492 e. The Morgan fingerprint density at radius 2 is 1.83 bits per heavy atom. The molecule has 29 heavy (non-hydrogen) atoms. The lowest BCUT2D eigenvalue weighted by molar-refractivity contribution is -0.116. The van der Waals surface area contributed by atoms with E-state index < -0.39 is 0 Å². The fraction of sp³-hybridized carbons (Fsp3) is 0.364. The van der Waals surface area contributed by atoms with Gasteiger partial charge in [-0.15, -0.1) is 0 Å². The van der Waals surface area contributed by atoms with Crippen molar-refractivity contribution in [1.82, 2.24) is 0 Å². The molecule has 1 N–H and O–H groups in total. The van der Waals surface area contributed by atoms with Crippen molar-refractivity contribution in [1.29, 1.82) is 0 Å². The molecule has 0 fully saturated rings. The second-order valence-corrected chi connectivity index (χ2v) is 7.83. The van der Waals surface area contributed by atoms with E-state index in [2.05, 4.69) is 21.2 Å². The quantitative estimate of drug-likeness (QED) is 0.347. The number of anilines is 1. The van der Waals surface area contributed by atoms with Crippen LogP contribution in [0.2, 0.25) is 5.02 Å². The maximum atomic E-state index is 12.1. The molecule has 0 spiro atoms. The minimum absolute atomic E-state index is 0.113. The lowest BCUT2D eigenvalue weighted by Gasteiger charge is -2.13. The van der Waals surface area contributed by atoms with Crippen LogP contribution in [0.25, 0.3) is 0 Å². The highest BCUT2D eigenvalue weighted by molar-refractivity contribution is 9.10. The van der Waals surface area contributed by atoms with Gasteiger partial charge in [-0.1, -0.05) is 18.5 Å². The highest BCUT2D eigenvalue weighted by Gasteiger charge is 2.11. The summed E-state index contributed by atoms with van der Waals surface area (Å²) in [5.41, 5.74) is 2.97. The van der Waals surface area contributed by atoms with Gasteiger partial charge in [-0.3, -0.25) is 4.79 Å². The zero-order valence-electron chi connectivity index (χ0n) is 16.8. The summed E-state index contributed by atoms with van der Waals surface area (Å²) in [6.45, 7) is 6.60. The Balaban J connectivity index is 1.78. The van der Waals surface area contributed by atoms with Gasteiger partial charge in [0.25, 0.3) is 0 Å². The van der Waals surface area contributed by atoms with E-state index >= 15 is 0 Å². The number of benzene rings is 2. The summed E-state index contributed by atoms with van der Waals surface area (Å²) in [6.07, 6.45) is 1.67. The average Bonchev–Trinajstić information content (AvgIpc) is 2.71. The number of esters is 1.